The molecule has 132 valence electrons. The Balaban J connectivity index is 1.56. The van der Waals surface area contributed by atoms with Gasteiger partial charge in [-0.2, -0.15) is 0 Å². The molecule has 1 aliphatic rings. The fourth-order valence-corrected chi connectivity index (χ4v) is 3.78. The van der Waals surface area contributed by atoms with E-state index in [-0.39, 0.29) is 0 Å². The van der Waals surface area contributed by atoms with Gasteiger partial charge in [0, 0.05) is 37.9 Å². The van der Waals surface area contributed by atoms with Crippen LogP contribution in [0.1, 0.15) is 0 Å². The van der Waals surface area contributed by atoms with E-state index in [1.807, 2.05) is 6.07 Å². The number of benzene rings is 2. The number of fused-ring (bicyclic) bond motifs is 3. The first-order chi connectivity index (χ1) is 12.9. The quantitative estimate of drug-likeness (QED) is 0.569. The summed E-state index contributed by atoms with van der Waals surface area (Å²) < 4.78 is 10.0. The molecule has 1 aliphatic heterocycles. The summed E-state index contributed by atoms with van der Waals surface area (Å²) in [6.45, 7) is 5.65. The number of aromatic nitrogens is 3. The molecule has 0 amide bonds. The van der Waals surface area contributed by atoms with E-state index in [0.717, 1.165) is 56.4 Å². The largest absolute Gasteiger partial charge is 0.379 e. The Morgan fingerprint density at radius 3 is 2.38 bits per heavy atom. The van der Waals surface area contributed by atoms with Crippen LogP contribution in [-0.2, 0) is 11.3 Å². The fourth-order valence-electron chi connectivity index (χ4n) is 3.78. The summed E-state index contributed by atoms with van der Waals surface area (Å²) in [5.74, 6) is 1.01. The molecule has 0 atom stereocenters. The van der Waals surface area contributed by atoms with E-state index in [2.05, 4.69) is 68.6 Å². The van der Waals surface area contributed by atoms with Crippen molar-refractivity contribution in [3.63, 3.8) is 0 Å². The summed E-state index contributed by atoms with van der Waals surface area (Å²) in [5.41, 5.74) is 4.62. The third-order valence-electron chi connectivity index (χ3n) is 5.17. The summed E-state index contributed by atoms with van der Waals surface area (Å²) in [5, 5.41) is 0. The molecule has 5 heteroatoms. The van der Waals surface area contributed by atoms with Gasteiger partial charge < -0.3 is 9.30 Å². The number of morpholine rings is 1. The predicted octanol–water partition coefficient (Wildman–Crippen LogP) is 3.29. The van der Waals surface area contributed by atoms with Crippen LogP contribution in [0.5, 0.6) is 0 Å². The van der Waals surface area contributed by atoms with Gasteiger partial charge in [0.15, 0.2) is 0 Å². The van der Waals surface area contributed by atoms with Crippen LogP contribution >= 0.6 is 0 Å². The lowest BCUT2D eigenvalue weighted by molar-refractivity contribution is 0.0366. The van der Waals surface area contributed by atoms with Crippen molar-refractivity contribution in [1.29, 1.82) is 0 Å². The normalized spacial score (nSPS) is 15.8. The minimum atomic E-state index is 0.837. The van der Waals surface area contributed by atoms with Gasteiger partial charge in [-0.3, -0.25) is 9.30 Å². The number of ether oxygens (including phenoxy) is 1. The molecule has 0 aliphatic carbocycles. The Morgan fingerprint density at radius 1 is 0.846 bits per heavy atom. The fraction of sp³-hybridized carbons (Fsp3) is 0.286. The van der Waals surface area contributed by atoms with Crippen molar-refractivity contribution in [2.24, 2.45) is 0 Å². The highest BCUT2D eigenvalue weighted by molar-refractivity contribution is 5.82. The highest BCUT2D eigenvalue weighted by Crippen LogP contribution is 2.25. The van der Waals surface area contributed by atoms with Crippen molar-refractivity contribution >= 4 is 16.8 Å². The SMILES string of the molecule is c1ccc(-c2cn3c4ccccc4n(CCN4CCOCC4)c3n2)cc1. The van der Waals surface area contributed by atoms with E-state index in [4.69, 9.17) is 9.72 Å². The van der Waals surface area contributed by atoms with Gasteiger partial charge in [0.05, 0.1) is 29.9 Å². The van der Waals surface area contributed by atoms with Crippen LogP contribution in [0.2, 0.25) is 0 Å². The van der Waals surface area contributed by atoms with Gasteiger partial charge in [-0.05, 0) is 12.1 Å². The van der Waals surface area contributed by atoms with Crippen molar-refractivity contribution in [3.8, 4) is 11.3 Å². The maximum absolute atomic E-state index is 5.46. The third kappa shape index (κ3) is 2.69. The van der Waals surface area contributed by atoms with Gasteiger partial charge in [0.25, 0.3) is 0 Å². The van der Waals surface area contributed by atoms with Gasteiger partial charge in [-0.15, -0.1) is 0 Å². The zero-order chi connectivity index (χ0) is 17.3. The molecular weight excluding hydrogens is 324 g/mol. The zero-order valence-electron chi connectivity index (χ0n) is 14.7. The standard InChI is InChI=1S/C21H22N4O/c1-2-6-17(7-3-1)18-16-25-20-9-5-4-8-19(20)24(21(25)22-18)11-10-23-12-14-26-15-13-23/h1-9,16H,10-15H2. The number of hydrogen-bond donors (Lipinski definition) is 0. The molecule has 0 spiro atoms. The van der Waals surface area contributed by atoms with Crippen molar-refractivity contribution in [2.45, 2.75) is 6.54 Å². The summed E-state index contributed by atoms with van der Waals surface area (Å²) >= 11 is 0. The van der Waals surface area contributed by atoms with Crippen LogP contribution in [0.15, 0.2) is 60.8 Å². The van der Waals surface area contributed by atoms with E-state index in [1.54, 1.807) is 0 Å². The molecule has 0 saturated carbocycles. The minimum Gasteiger partial charge on any atom is -0.379 e. The van der Waals surface area contributed by atoms with Crippen molar-refractivity contribution in [3.05, 3.63) is 60.8 Å². The maximum Gasteiger partial charge on any atom is 0.215 e. The smallest absolute Gasteiger partial charge is 0.215 e. The average molecular weight is 346 g/mol. The highest BCUT2D eigenvalue weighted by atomic mass is 16.5. The first-order valence-electron chi connectivity index (χ1n) is 9.22. The van der Waals surface area contributed by atoms with E-state index >= 15 is 0 Å². The number of imidazole rings is 2. The molecular formula is C21H22N4O. The van der Waals surface area contributed by atoms with Crippen LogP contribution in [-0.4, -0.2) is 51.7 Å². The van der Waals surface area contributed by atoms with E-state index < -0.39 is 0 Å². The molecule has 0 bridgehead atoms. The summed E-state index contributed by atoms with van der Waals surface area (Å²) in [4.78, 5) is 7.43. The molecule has 1 fully saturated rings. The molecule has 0 N–H and O–H groups in total. The molecule has 3 heterocycles. The third-order valence-corrected chi connectivity index (χ3v) is 5.17. The summed E-state index contributed by atoms with van der Waals surface area (Å²) in [6, 6.07) is 18.9. The highest BCUT2D eigenvalue weighted by Gasteiger charge is 2.16. The molecule has 26 heavy (non-hydrogen) atoms. The molecule has 2 aromatic carbocycles. The van der Waals surface area contributed by atoms with Crippen LogP contribution in [0, 0.1) is 0 Å². The van der Waals surface area contributed by atoms with Crippen molar-refractivity contribution < 1.29 is 4.74 Å². The van der Waals surface area contributed by atoms with Gasteiger partial charge in [-0.1, -0.05) is 42.5 Å². The minimum absolute atomic E-state index is 0.837. The van der Waals surface area contributed by atoms with Crippen LogP contribution in [0.25, 0.3) is 28.1 Å². The van der Waals surface area contributed by atoms with E-state index in [9.17, 15) is 0 Å². The molecule has 0 radical (unpaired) electrons. The molecule has 1 saturated heterocycles. The Labute approximate surface area is 152 Å². The maximum atomic E-state index is 5.46. The molecule has 4 aromatic rings. The number of nitrogens with zero attached hydrogens (tertiary/aromatic N) is 4. The van der Waals surface area contributed by atoms with Crippen LogP contribution in [0.3, 0.4) is 0 Å². The molecule has 5 rings (SSSR count). The lowest BCUT2D eigenvalue weighted by Crippen LogP contribution is -2.38. The number of rotatable bonds is 4. The Kier molecular flexibility index (Phi) is 3.96. The van der Waals surface area contributed by atoms with Gasteiger partial charge in [0.1, 0.15) is 0 Å². The monoisotopic (exact) mass is 346 g/mol. The topological polar surface area (TPSA) is 34.7 Å². The van der Waals surface area contributed by atoms with Crippen LogP contribution < -0.4 is 0 Å². The van der Waals surface area contributed by atoms with Gasteiger partial charge >= 0.3 is 0 Å². The average Bonchev–Trinajstić information content (AvgIpc) is 3.26. The Bertz CT molecular complexity index is 1030. The molecule has 5 nitrogen and oxygen atoms in total. The van der Waals surface area contributed by atoms with E-state index in [0.29, 0.717) is 0 Å². The second-order valence-electron chi connectivity index (χ2n) is 6.76. The summed E-state index contributed by atoms with van der Waals surface area (Å²) in [7, 11) is 0. The predicted molar refractivity (Wildman–Crippen MR) is 103 cm³/mol. The van der Waals surface area contributed by atoms with Gasteiger partial charge in [-0.25, -0.2) is 4.98 Å². The Morgan fingerprint density at radius 2 is 1.58 bits per heavy atom. The molecule has 0 unspecified atom stereocenters. The molecule has 2 aromatic heterocycles. The zero-order valence-corrected chi connectivity index (χ0v) is 14.7. The van der Waals surface area contributed by atoms with Crippen molar-refractivity contribution in [2.75, 3.05) is 32.8 Å². The second kappa shape index (κ2) is 6.59. The first-order valence-corrected chi connectivity index (χ1v) is 9.22. The Hall–Kier alpha value is -2.63. The first kappa shape index (κ1) is 15.6. The van der Waals surface area contributed by atoms with E-state index in [1.165, 1.54) is 11.0 Å². The second-order valence-corrected chi connectivity index (χ2v) is 6.76. The lowest BCUT2D eigenvalue weighted by atomic mass is 10.2. The van der Waals surface area contributed by atoms with Crippen molar-refractivity contribution in [1.82, 2.24) is 18.9 Å². The number of para-hydroxylation sites is 2. The lowest BCUT2D eigenvalue weighted by Gasteiger charge is -2.26. The number of hydrogen-bond acceptors (Lipinski definition) is 3. The van der Waals surface area contributed by atoms with Crippen LogP contribution in [0.4, 0.5) is 0 Å². The van der Waals surface area contributed by atoms with Gasteiger partial charge in [0.2, 0.25) is 5.78 Å². The summed E-state index contributed by atoms with van der Waals surface area (Å²) in [6.07, 6.45) is 2.15.